The van der Waals surface area contributed by atoms with Gasteiger partial charge in [-0.15, -0.1) is 3.71 Å². The van der Waals surface area contributed by atoms with Gasteiger partial charge >= 0.3 is 0 Å². The lowest BCUT2D eigenvalue weighted by molar-refractivity contribution is -0.124. The van der Waals surface area contributed by atoms with Crippen LogP contribution >= 0.6 is 0 Å². The molecule has 0 aliphatic heterocycles. The van der Waals surface area contributed by atoms with Crippen LogP contribution in [0, 0.1) is 5.92 Å². The number of carbonyl (C=O) groups is 1. The lowest BCUT2D eigenvalue weighted by atomic mass is 10.4. The summed E-state index contributed by atoms with van der Waals surface area (Å²) in [4.78, 5) is 11.0. The summed E-state index contributed by atoms with van der Waals surface area (Å²) in [5.74, 6) is -1.09. The minimum Gasteiger partial charge on any atom is -0.288 e. The van der Waals surface area contributed by atoms with E-state index in [1.165, 1.54) is 0 Å². The van der Waals surface area contributed by atoms with E-state index in [1.807, 2.05) is 0 Å². The van der Waals surface area contributed by atoms with Gasteiger partial charge in [0.1, 0.15) is 0 Å². The maximum absolute atomic E-state index is 11.0. The number of hydrogen-bond donors (Lipinski definition) is 2. The number of nitrogens with zero attached hydrogens (tertiary/aromatic N) is 1. The Kier molecular flexibility index (Phi) is 2.94. The van der Waals surface area contributed by atoms with Crippen molar-refractivity contribution in [1.29, 1.82) is 0 Å². The van der Waals surface area contributed by atoms with Gasteiger partial charge in [-0.25, -0.2) is 8.42 Å². The van der Waals surface area contributed by atoms with Crippen molar-refractivity contribution in [1.82, 2.24) is 3.71 Å². The highest BCUT2D eigenvalue weighted by Crippen LogP contribution is 2.31. The molecule has 1 saturated carbocycles. The summed E-state index contributed by atoms with van der Waals surface area (Å²) in [6, 6.07) is 0. The van der Waals surface area contributed by atoms with Crippen molar-refractivity contribution in [2.45, 2.75) is 12.8 Å². The predicted octanol–water partition coefficient (Wildman–Crippen LogP) is -0.502. The van der Waals surface area contributed by atoms with Crippen molar-refractivity contribution in [2.75, 3.05) is 0 Å². The largest absolute Gasteiger partial charge is 0.288 e. The fourth-order valence-corrected chi connectivity index (χ4v) is 1.73. The topological polar surface area (TPSA) is 94.9 Å². The summed E-state index contributed by atoms with van der Waals surface area (Å²) < 4.78 is 37.7. The van der Waals surface area contributed by atoms with E-state index in [0.717, 1.165) is 0 Å². The molecule has 1 fully saturated rings. The number of hydrogen-bond acceptors (Lipinski definition) is 3. The second-order valence-corrected chi connectivity index (χ2v) is 4.22. The van der Waals surface area contributed by atoms with Crippen LogP contribution in [-0.4, -0.2) is 27.1 Å². The maximum atomic E-state index is 11.0. The SMILES string of the molecule is O=C(C1CC1)N(S(=O)O)S(=O)O. The minimum absolute atomic E-state index is 0.0532. The molecule has 2 unspecified atom stereocenters. The first-order valence-electron chi connectivity index (χ1n) is 3.10. The molecule has 2 atom stereocenters. The second kappa shape index (κ2) is 3.60. The van der Waals surface area contributed by atoms with E-state index in [1.54, 1.807) is 0 Å². The second-order valence-electron chi connectivity index (χ2n) is 2.33. The summed E-state index contributed by atoms with van der Waals surface area (Å²) in [5, 5.41) is 0. The molecule has 0 radical (unpaired) electrons. The van der Waals surface area contributed by atoms with Crippen molar-refractivity contribution >= 4 is 28.4 Å². The van der Waals surface area contributed by atoms with Crippen LogP contribution in [0.2, 0.25) is 0 Å². The van der Waals surface area contributed by atoms with Crippen molar-refractivity contribution < 1.29 is 22.3 Å². The molecule has 0 spiro atoms. The zero-order valence-electron chi connectivity index (χ0n) is 5.87. The molecule has 1 rings (SSSR count). The fourth-order valence-electron chi connectivity index (χ4n) is 0.688. The van der Waals surface area contributed by atoms with Crippen molar-refractivity contribution in [3.8, 4) is 0 Å². The van der Waals surface area contributed by atoms with E-state index in [0.29, 0.717) is 12.8 Å². The van der Waals surface area contributed by atoms with Crippen LogP contribution < -0.4 is 0 Å². The zero-order valence-corrected chi connectivity index (χ0v) is 7.51. The Morgan fingerprint density at radius 3 is 1.92 bits per heavy atom. The van der Waals surface area contributed by atoms with Crippen molar-refractivity contribution in [3.63, 3.8) is 0 Å². The fraction of sp³-hybridized carbons (Fsp3) is 0.750. The van der Waals surface area contributed by atoms with Crippen LogP contribution in [0.4, 0.5) is 0 Å². The van der Waals surface area contributed by atoms with Gasteiger partial charge in [-0.2, -0.15) is 0 Å². The van der Waals surface area contributed by atoms with Gasteiger partial charge in [0.05, 0.1) is 0 Å². The summed E-state index contributed by atoms with van der Waals surface area (Å²) in [5.41, 5.74) is 0. The van der Waals surface area contributed by atoms with Crippen molar-refractivity contribution in [2.24, 2.45) is 5.92 Å². The molecule has 0 heterocycles. The summed E-state index contributed by atoms with van der Waals surface area (Å²) in [7, 11) is 0. The predicted molar refractivity (Wildman–Crippen MR) is 41.1 cm³/mol. The van der Waals surface area contributed by atoms with Crippen LogP contribution in [0.15, 0.2) is 0 Å². The van der Waals surface area contributed by atoms with E-state index in [9.17, 15) is 13.2 Å². The molecule has 70 valence electrons. The third-order valence-corrected chi connectivity index (χ3v) is 3.08. The number of amides is 1. The third kappa shape index (κ3) is 2.09. The van der Waals surface area contributed by atoms with E-state index >= 15 is 0 Å². The molecule has 1 aliphatic carbocycles. The summed E-state index contributed by atoms with van der Waals surface area (Å²) in [6.07, 6.45) is 1.23. The number of rotatable bonds is 3. The Labute approximate surface area is 73.8 Å². The highest BCUT2D eigenvalue weighted by molar-refractivity contribution is 7.93. The van der Waals surface area contributed by atoms with Gasteiger partial charge in [0, 0.05) is 5.92 Å². The molecule has 1 amide bonds. The molecule has 0 bridgehead atoms. The minimum atomic E-state index is -2.71. The average Bonchev–Trinajstić information content (AvgIpc) is 2.64. The van der Waals surface area contributed by atoms with Gasteiger partial charge in [-0.1, -0.05) is 0 Å². The molecule has 8 heteroatoms. The summed E-state index contributed by atoms with van der Waals surface area (Å²) in [6.45, 7) is 0. The lowest BCUT2D eigenvalue weighted by Gasteiger charge is -2.10. The van der Waals surface area contributed by atoms with Crippen molar-refractivity contribution in [3.05, 3.63) is 0 Å². The van der Waals surface area contributed by atoms with Gasteiger partial charge in [0.25, 0.3) is 28.4 Å². The molecule has 1 aliphatic rings. The normalized spacial score (nSPS) is 21.5. The lowest BCUT2D eigenvalue weighted by Crippen LogP contribution is -2.34. The molecular weight excluding hydrogens is 206 g/mol. The first kappa shape index (κ1) is 9.78. The Balaban J connectivity index is 2.70. The molecular formula is C4H7NO5S2. The quantitative estimate of drug-likeness (QED) is 0.616. The summed E-state index contributed by atoms with van der Waals surface area (Å²) >= 11 is -5.42. The molecule has 2 N–H and O–H groups in total. The number of carbonyl (C=O) groups excluding carboxylic acids is 1. The zero-order chi connectivity index (χ0) is 9.30. The molecule has 6 nitrogen and oxygen atoms in total. The Hall–Kier alpha value is -0.310. The van der Waals surface area contributed by atoms with Gasteiger partial charge in [0.2, 0.25) is 0 Å². The standard InChI is InChI=1S/C4H7NO5S2/c6-4(3-1-2-3)5(11(7)8)12(9)10/h3H,1-2H2,(H,7,8)(H,9,10). The molecule has 0 aromatic heterocycles. The molecule has 12 heavy (non-hydrogen) atoms. The highest BCUT2D eigenvalue weighted by Gasteiger charge is 2.38. The molecule has 0 saturated heterocycles. The average molecular weight is 213 g/mol. The van der Waals surface area contributed by atoms with Crippen LogP contribution in [0.3, 0.4) is 0 Å². The van der Waals surface area contributed by atoms with Crippen LogP contribution in [0.25, 0.3) is 0 Å². The van der Waals surface area contributed by atoms with E-state index in [-0.39, 0.29) is 9.63 Å². The molecule has 0 aromatic rings. The van der Waals surface area contributed by atoms with Gasteiger partial charge < -0.3 is 0 Å². The van der Waals surface area contributed by atoms with E-state index in [2.05, 4.69) is 0 Å². The first-order valence-corrected chi connectivity index (χ1v) is 5.22. The maximum Gasteiger partial charge on any atom is 0.278 e. The monoisotopic (exact) mass is 213 g/mol. The van der Waals surface area contributed by atoms with Crippen LogP contribution in [-0.2, 0) is 27.3 Å². The molecule has 0 aromatic carbocycles. The highest BCUT2D eigenvalue weighted by atomic mass is 32.3. The van der Waals surface area contributed by atoms with Gasteiger partial charge in [0.15, 0.2) is 0 Å². The Morgan fingerprint density at radius 1 is 1.25 bits per heavy atom. The third-order valence-electron chi connectivity index (χ3n) is 1.39. The Morgan fingerprint density at radius 2 is 1.67 bits per heavy atom. The smallest absolute Gasteiger partial charge is 0.278 e. The van der Waals surface area contributed by atoms with Crippen LogP contribution in [0.1, 0.15) is 12.8 Å². The van der Waals surface area contributed by atoms with Gasteiger partial charge in [-0.05, 0) is 12.8 Å². The van der Waals surface area contributed by atoms with E-state index < -0.39 is 28.4 Å². The first-order chi connectivity index (χ1) is 5.54. The van der Waals surface area contributed by atoms with E-state index in [4.69, 9.17) is 9.11 Å². The van der Waals surface area contributed by atoms with Gasteiger partial charge in [-0.3, -0.25) is 13.9 Å². The Bertz CT molecular complexity index is 236. The van der Waals surface area contributed by atoms with Crippen LogP contribution in [0.5, 0.6) is 0 Å².